The molecule has 224 valence electrons. The Morgan fingerprint density at radius 3 is 2.40 bits per heavy atom. The lowest BCUT2D eigenvalue weighted by Crippen LogP contribution is -2.49. The van der Waals surface area contributed by atoms with Crippen molar-refractivity contribution in [2.45, 2.75) is 32.0 Å². The first-order valence-electron chi connectivity index (χ1n) is 14.1. The molecule has 2 aliphatic heterocycles. The molecule has 0 aliphatic carbocycles. The number of halogens is 1. The van der Waals surface area contributed by atoms with Crippen LogP contribution in [0.2, 0.25) is 5.02 Å². The van der Waals surface area contributed by atoms with E-state index in [1.54, 1.807) is 6.92 Å². The van der Waals surface area contributed by atoms with Gasteiger partial charge in [-0.2, -0.15) is 0 Å². The summed E-state index contributed by atoms with van der Waals surface area (Å²) >= 11 is 6.48. The molecule has 3 aromatic carbocycles. The maximum absolute atomic E-state index is 11.8. The number of ether oxygens (including phenoxy) is 5. The minimum absolute atomic E-state index is 0.142. The van der Waals surface area contributed by atoms with Crippen LogP contribution in [0.25, 0.3) is 11.1 Å². The van der Waals surface area contributed by atoms with Crippen LogP contribution in [0.5, 0.6) is 11.5 Å². The minimum atomic E-state index is -2.93. The van der Waals surface area contributed by atoms with E-state index in [-0.39, 0.29) is 30.6 Å². The van der Waals surface area contributed by atoms with E-state index in [1.807, 2.05) is 66.7 Å². The molecule has 2 fully saturated rings. The molecule has 2 saturated heterocycles. The molecule has 5 rings (SSSR count). The Labute approximate surface area is 251 Å². The largest absolute Gasteiger partial charge is 0.493 e. The van der Waals surface area contributed by atoms with Gasteiger partial charge in [-0.25, -0.2) is 13.2 Å². The number of carbonyl (C=O) groups excluding carboxylic acids is 1. The lowest BCUT2D eigenvalue weighted by molar-refractivity contribution is -0.221. The fraction of sp³-hybridized carbons (Fsp3) is 0.406. The third-order valence-corrected chi connectivity index (χ3v) is 9.66. The second-order valence-electron chi connectivity index (χ2n) is 10.6. The predicted octanol–water partition coefficient (Wildman–Crippen LogP) is 5.59. The van der Waals surface area contributed by atoms with E-state index in [2.05, 4.69) is 0 Å². The molecule has 0 aromatic heterocycles. The molecule has 0 amide bonds. The zero-order valence-electron chi connectivity index (χ0n) is 23.6. The minimum Gasteiger partial charge on any atom is -0.493 e. The van der Waals surface area contributed by atoms with Crippen LogP contribution in [-0.2, 0) is 41.1 Å². The molecule has 0 unspecified atom stereocenters. The molecular weight excluding hydrogens is 580 g/mol. The van der Waals surface area contributed by atoms with Gasteiger partial charge >= 0.3 is 5.97 Å². The summed E-state index contributed by atoms with van der Waals surface area (Å²) in [5.74, 6) is 1.54. The van der Waals surface area contributed by atoms with Crippen LogP contribution in [0.1, 0.15) is 30.9 Å². The highest BCUT2D eigenvalue weighted by Gasteiger charge is 2.42. The van der Waals surface area contributed by atoms with Crippen molar-refractivity contribution in [2.75, 3.05) is 44.5 Å². The molecule has 2 aliphatic rings. The number of hydrogen-bond acceptors (Lipinski definition) is 8. The topological polar surface area (TPSA) is 97.4 Å². The highest BCUT2D eigenvalue weighted by atomic mass is 35.5. The Balaban J connectivity index is 1.29. The van der Waals surface area contributed by atoms with Gasteiger partial charge in [-0.1, -0.05) is 48.0 Å². The maximum Gasteiger partial charge on any atom is 0.332 e. The Morgan fingerprint density at radius 1 is 1.00 bits per heavy atom. The fourth-order valence-corrected chi connectivity index (χ4v) is 6.88. The lowest BCUT2D eigenvalue weighted by Gasteiger charge is -2.41. The number of hydrogen-bond donors (Lipinski definition) is 0. The molecular formula is C32H35ClO8S. The molecule has 3 aromatic rings. The number of benzene rings is 3. The van der Waals surface area contributed by atoms with E-state index in [1.165, 1.54) is 0 Å². The number of rotatable bonds is 12. The summed E-state index contributed by atoms with van der Waals surface area (Å²) in [5, 5.41) is 0.649. The number of carbonyl (C=O) groups is 1. The second kappa shape index (κ2) is 13.5. The Morgan fingerprint density at radius 2 is 1.74 bits per heavy atom. The normalized spacial score (nSPS) is 17.7. The zero-order chi connectivity index (χ0) is 29.6. The van der Waals surface area contributed by atoms with Gasteiger partial charge < -0.3 is 23.7 Å². The summed E-state index contributed by atoms with van der Waals surface area (Å²) in [4.78, 5) is 11.8. The monoisotopic (exact) mass is 614 g/mol. The summed E-state index contributed by atoms with van der Waals surface area (Å²) in [7, 11) is -2.93. The smallest absolute Gasteiger partial charge is 0.332 e. The van der Waals surface area contributed by atoms with Crippen molar-refractivity contribution in [3.63, 3.8) is 0 Å². The summed E-state index contributed by atoms with van der Waals surface area (Å²) in [5.41, 5.74) is 2.90. The molecule has 42 heavy (non-hydrogen) atoms. The van der Waals surface area contributed by atoms with Crippen molar-refractivity contribution in [1.82, 2.24) is 0 Å². The quantitative estimate of drug-likeness (QED) is 0.243. The van der Waals surface area contributed by atoms with Crippen LogP contribution >= 0.6 is 11.6 Å². The van der Waals surface area contributed by atoms with Crippen LogP contribution in [0.15, 0.2) is 66.7 Å². The van der Waals surface area contributed by atoms with E-state index in [9.17, 15) is 13.2 Å². The number of esters is 1. The standard InChI is InChI=1S/C32H35ClO8S/c1-2-38-31(34)20-41-32(21-37-22-32)26-8-10-27(11-9-26)39-19-25-17-24(28-5-3-4-6-29(28)33)7-12-30(25)40-18-23-13-15-42(35,36)16-14-23/h3-12,17,23H,2,13-16,18-22H2,1H3. The van der Waals surface area contributed by atoms with Crippen molar-refractivity contribution in [3.8, 4) is 22.6 Å². The van der Waals surface area contributed by atoms with Gasteiger partial charge in [-0.3, -0.25) is 0 Å². The van der Waals surface area contributed by atoms with Crippen molar-refractivity contribution >= 4 is 27.4 Å². The first kappa shape index (κ1) is 30.4. The van der Waals surface area contributed by atoms with Crippen LogP contribution in [0, 0.1) is 5.92 Å². The molecule has 0 saturated carbocycles. The predicted molar refractivity (Wildman–Crippen MR) is 160 cm³/mol. The Hall–Kier alpha value is -3.11. The van der Waals surface area contributed by atoms with Crippen molar-refractivity contribution in [1.29, 1.82) is 0 Å². The molecule has 0 atom stereocenters. The molecule has 0 N–H and O–H groups in total. The van der Waals surface area contributed by atoms with Gasteiger partial charge in [-0.15, -0.1) is 0 Å². The van der Waals surface area contributed by atoms with Crippen LogP contribution in [-0.4, -0.2) is 58.9 Å². The zero-order valence-corrected chi connectivity index (χ0v) is 25.1. The van der Waals surface area contributed by atoms with E-state index < -0.39 is 21.4 Å². The van der Waals surface area contributed by atoms with Crippen LogP contribution in [0.3, 0.4) is 0 Å². The maximum atomic E-state index is 11.8. The molecule has 0 radical (unpaired) electrons. The molecule has 10 heteroatoms. The van der Waals surface area contributed by atoms with Gasteiger partial charge in [0.1, 0.15) is 40.2 Å². The lowest BCUT2D eigenvalue weighted by atomic mass is 9.91. The van der Waals surface area contributed by atoms with Gasteiger partial charge in [0.25, 0.3) is 0 Å². The van der Waals surface area contributed by atoms with Crippen molar-refractivity contribution in [3.05, 3.63) is 82.9 Å². The Kier molecular flexibility index (Phi) is 9.73. The van der Waals surface area contributed by atoms with E-state index in [0.29, 0.717) is 55.8 Å². The molecule has 8 nitrogen and oxygen atoms in total. The summed E-state index contributed by atoms with van der Waals surface area (Å²) in [6, 6.07) is 21.1. The Bertz CT molecular complexity index is 1470. The van der Waals surface area contributed by atoms with Gasteiger partial charge in [0.2, 0.25) is 0 Å². The summed E-state index contributed by atoms with van der Waals surface area (Å²) in [6.45, 7) is 3.32. The second-order valence-corrected chi connectivity index (χ2v) is 13.3. The highest BCUT2D eigenvalue weighted by molar-refractivity contribution is 7.91. The molecule has 0 spiro atoms. The first-order chi connectivity index (χ1) is 20.3. The van der Waals surface area contributed by atoms with E-state index in [0.717, 1.165) is 22.3 Å². The van der Waals surface area contributed by atoms with Gasteiger partial charge in [0.05, 0.1) is 37.9 Å². The summed E-state index contributed by atoms with van der Waals surface area (Å²) < 4.78 is 52.3. The average molecular weight is 615 g/mol. The molecule has 2 heterocycles. The first-order valence-corrected chi connectivity index (χ1v) is 16.3. The van der Waals surface area contributed by atoms with Crippen molar-refractivity contribution < 1.29 is 36.9 Å². The van der Waals surface area contributed by atoms with Gasteiger partial charge in [-0.05, 0) is 67.1 Å². The third kappa shape index (κ3) is 7.45. The van der Waals surface area contributed by atoms with Gasteiger partial charge in [0.15, 0.2) is 0 Å². The average Bonchev–Trinajstić information content (AvgIpc) is 2.96. The number of sulfone groups is 1. The fourth-order valence-electron chi connectivity index (χ4n) is 5.05. The highest BCUT2D eigenvalue weighted by Crippen LogP contribution is 2.36. The van der Waals surface area contributed by atoms with Crippen LogP contribution < -0.4 is 9.47 Å². The third-order valence-electron chi connectivity index (χ3n) is 7.61. The van der Waals surface area contributed by atoms with E-state index >= 15 is 0 Å². The summed E-state index contributed by atoms with van der Waals surface area (Å²) in [6.07, 6.45) is 1.21. The van der Waals surface area contributed by atoms with Gasteiger partial charge in [0, 0.05) is 16.1 Å². The molecule has 0 bridgehead atoms. The SMILES string of the molecule is CCOC(=O)COC1(c2ccc(OCc3cc(-c4ccccc4Cl)ccc3OCC3CCS(=O)(=O)CC3)cc2)COC1. The van der Waals surface area contributed by atoms with Crippen LogP contribution in [0.4, 0.5) is 0 Å². The van der Waals surface area contributed by atoms with Crippen molar-refractivity contribution in [2.24, 2.45) is 5.92 Å². The van der Waals surface area contributed by atoms with E-state index in [4.69, 9.17) is 35.3 Å².